The lowest BCUT2D eigenvalue weighted by atomic mass is 9.91. The van der Waals surface area contributed by atoms with Gasteiger partial charge in [-0.15, -0.1) is 0 Å². The molecule has 1 spiro atoms. The first-order chi connectivity index (χ1) is 10.7. The van der Waals surface area contributed by atoms with Crippen LogP contribution in [0.2, 0.25) is 0 Å². The summed E-state index contributed by atoms with van der Waals surface area (Å²) >= 11 is 0. The number of nitrogens with one attached hydrogen (secondary N) is 3. The molecule has 0 bridgehead atoms. The third-order valence-corrected chi connectivity index (χ3v) is 4.98. The zero-order valence-electron chi connectivity index (χ0n) is 12.3. The summed E-state index contributed by atoms with van der Waals surface area (Å²) in [7, 11) is 0. The zero-order valence-corrected chi connectivity index (χ0v) is 12.3. The van der Waals surface area contributed by atoms with E-state index in [1.807, 2.05) is 30.5 Å². The molecule has 1 aliphatic carbocycles. The average Bonchev–Trinajstić information content (AvgIpc) is 3.13. The first-order valence-corrected chi connectivity index (χ1v) is 7.86. The van der Waals surface area contributed by atoms with Gasteiger partial charge in [0.2, 0.25) is 11.8 Å². The molecule has 0 radical (unpaired) electrons. The lowest BCUT2D eigenvalue weighted by Crippen LogP contribution is -2.68. The third-order valence-electron chi connectivity index (χ3n) is 4.98. The van der Waals surface area contributed by atoms with Crippen LogP contribution in [-0.2, 0) is 16.0 Å². The Morgan fingerprint density at radius 3 is 2.73 bits per heavy atom. The van der Waals surface area contributed by atoms with Crippen molar-refractivity contribution in [3.05, 3.63) is 36.0 Å². The minimum absolute atomic E-state index is 0.0190. The number of carbonyl (C=O) groups excluding carboxylic acids is 2. The van der Waals surface area contributed by atoms with Gasteiger partial charge in [0.15, 0.2) is 0 Å². The molecule has 2 aliphatic rings. The second-order valence-electron chi connectivity index (χ2n) is 6.37. The summed E-state index contributed by atoms with van der Waals surface area (Å²) in [6.07, 6.45) is 5.94. The molecule has 2 fully saturated rings. The summed E-state index contributed by atoms with van der Waals surface area (Å²) in [5.41, 5.74) is 1.46. The number of para-hydroxylation sites is 1. The molecule has 22 heavy (non-hydrogen) atoms. The van der Waals surface area contributed by atoms with E-state index in [1.165, 1.54) is 0 Å². The number of hydrogen-bond donors (Lipinski definition) is 3. The molecule has 1 saturated carbocycles. The number of hydrogen-bond acceptors (Lipinski definition) is 2. The Morgan fingerprint density at radius 2 is 1.91 bits per heavy atom. The van der Waals surface area contributed by atoms with Gasteiger partial charge in [-0.3, -0.25) is 9.59 Å². The maximum atomic E-state index is 12.4. The quantitative estimate of drug-likeness (QED) is 0.788. The second-order valence-corrected chi connectivity index (χ2v) is 6.37. The van der Waals surface area contributed by atoms with Crippen LogP contribution in [0.3, 0.4) is 0 Å². The lowest BCUT2D eigenvalue weighted by Gasteiger charge is -2.37. The van der Waals surface area contributed by atoms with Crippen molar-refractivity contribution in [2.45, 2.75) is 43.7 Å². The van der Waals surface area contributed by atoms with Crippen LogP contribution in [0.1, 0.15) is 31.2 Å². The molecule has 2 aromatic rings. The van der Waals surface area contributed by atoms with Gasteiger partial charge in [0.05, 0.1) is 0 Å². The van der Waals surface area contributed by atoms with Crippen molar-refractivity contribution >= 4 is 22.7 Å². The van der Waals surface area contributed by atoms with Crippen LogP contribution in [0.5, 0.6) is 0 Å². The first kappa shape index (κ1) is 13.4. The molecule has 1 aromatic heterocycles. The Labute approximate surface area is 128 Å². The van der Waals surface area contributed by atoms with Gasteiger partial charge in [0, 0.05) is 23.5 Å². The van der Waals surface area contributed by atoms with Gasteiger partial charge in [-0.2, -0.15) is 0 Å². The molecule has 114 valence electrons. The number of aromatic nitrogens is 1. The van der Waals surface area contributed by atoms with Gasteiger partial charge in [-0.05, 0) is 24.5 Å². The average molecular weight is 297 g/mol. The Morgan fingerprint density at radius 1 is 1.14 bits per heavy atom. The number of aromatic amines is 1. The maximum absolute atomic E-state index is 12.4. The standard InChI is InChI=1S/C17H19N3O2/c21-15-14(19-16(22)17(20-15)7-3-4-8-17)9-11-10-18-13-6-2-1-5-12(11)13/h1-2,5-6,10,14,18H,3-4,7-9H2,(H,19,22)(H,20,21)/t14-/m0/s1. The molecule has 2 amide bonds. The van der Waals surface area contributed by atoms with E-state index in [4.69, 9.17) is 0 Å². The van der Waals surface area contributed by atoms with E-state index in [0.717, 1.165) is 42.1 Å². The SMILES string of the molecule is O=C1NC2(CCCC2)C(=O)N[C@H]1Cc1c[nH]c2ccccc12. The van der Waals surface area contributed by atoms with E-state index in [-0.39, 0.29) is 11.8 Å². The minimum atomic E-state index is -0.645. The minimum Gasteiger partial charge on any atom is -0.361 e. The number of benzene rings is 1. The molecule has 4 rings (SSSR count). The highest BCUT2D eigenvalue weighted by Gasteiger charge is 2.47. The predicted octanol–water partition coefficient (Wildman–Crippen LogP) is 1.64. The van der Waals surface area contributed by atoms with Crippen LogP contribution in [0, 0.1) is 0 Å². The molecule has 1 aliphatic heterocycles. The molecule has 5 heteroatoms. The van der Waals surface area contributed by atoms with Crippen molar-refractivity contribution in [2.75, 3.05) is 0 Å². The van der Waals surface area contributed by atoms with E-state index in [9.17, 15) is 9.59 Å². The molecule has 5 nitrogen and oxygen atoms in total. The molecule has 1 atom stereocenters. The summed E-state index contributed by atoms with van der Waals surface area (Å²) in [4.78, 5) is 28.1. The Balaban J connectivity index is 1.57. The van der Waals surface area contributed by atoms with E-state index in [2.05, 4.69) is 15.6 Å². The van der Waals surface area contributed by atoms with E-state index in [0.29, 0.717) is 6.42 Å². The van der Waals surface area contributed by atoms with Crippen LogP contribution in [0.4, 0.5) is 0 Å². The number of H-pyrrole nitrogens is 1. The van der Waals surface area contributed by atoms with Crippen molar-refractivity contribution in [3.8, 4) is 0 Å². The summed E-state index contributed by atoms with van der Waals surface area (Å²) in [6, 6.07) is 7.50. The van der Waals surface area contributed by atoms with Crippen molar-refractivity contribution in [1.82, 2.24) is 15.6 Å². The summed E-state index contributed by atoms with van der Waals surface area (Å²) in [6.45, 7) is 0. The Hall–Kier alpha value is -2.30. The number of carbonyl (C=O) groups is 2. The summed E-state index contributed by atoms with van der Waals surface area (Å²) in [5, 5.41) is 7.03. The van der Waals surface area contributed by atoms with Gasteiger partial charge in [0.1, 0.15) is 11.6 Å². The van der Waals surface area contributed by atoms with Crippen LogP contribution >= 0.6 is 0 Å². The van der Waals surface area contributed by atoms with Crippen molar-refractivity contribution in [3.63, 3.8) is 0 Å². The van der Waals surface area contributed by atoms with Gasteiger partial charge in [0.25, 0.3) is 0 Å². The second kappa shape index (κ2) is 4.87. The highest BCUT2D eigenvalue weighted by atomic mass is 16.2. The lowest BCUT2D eigenvalue weighted by molar-refractivity contribution is -0.141. The van der Waals surface area contributed by atoms with Crippen LogP contribution in [-0.4, -0.2) is 28.4 Å². The number of fused-ring (bicyclic) bond motifs is 1. The molecule has 3 N–H and O–H groups in total. The number of rotatable bonds is 2. The highest BCUT2D eigenvalue weighted by molar-refractivity contribution is 6.00. The predicted molar refractivity (Wildman–Crippen MR) is 83.3 cm³/mol. The largest absolute Gasteiger partial charge is 0.361 e. The zero-order chi connectivity index (χ0) is 15.2. The summed E-state index contributed by atoms with van der Waals surface area (Å²) in [5.74, 6) is -0.0822. The summed E-state index contributed by atoms with van der Waals surface area (Å²) < 4.78 is 0. The molecule has 2 heterocycles. The first-order valence-electron chi connectivity index (χ1n) is 7.86. The van der Waals surface area contributed by atoms with Gasteiger partial charge < -0.3 is 15.6 Å². The fraction of sp³-hybridized carbons (Fsp3) is 0.412. The topological polar surface area (TPSA) is 74.0 Å². The Kier molecular flexibility index (Phi) is 2.96. The fourth-order valence-corrected chi connectivity index (χ4v) is 3.74. The van der Waals surface area contributed by atoms with E-state index >= 15 is 0 Å². The fourth-order valence-electron chi connectivity index (χ4n) is 3.74. The molecular weight excluding hydrogens is 278 g/mol. The van der Waals surface area contributed by atoms with Gasteiger partial charge >= 0.3 is 0 Å². The van der Waals surface area contributed by atoms with Crippen molar-refractivity contribution < 1.29 is 9.59 Å². The van der Waals surface area contributed by atoms with E-state index < -0.39 is 11.6 Å². The highest BCUT2D eigenvalue weighted by Crippen LogP contribution is 2.32. The maximum Gasteiger partial charge on any atom is 0.246 e. The van der Waals surface area contributed by atoms with Crippen LogP contribution in [0.15, 0.2) is 30.5 Å². The molecule has 1 saturated heterocycles. The molecule has 1 aromatic carbocycles. The van der Waals surface area contributed by atoms with Crippen LogP contribution < -0.4 is 10.6 Å². The third kappa shape index (κ3) is 2.00. The normalized spacial score (nSPS) is 23.7. The molecule has 0 unspecified atom stereocenters. The van der Waals surface area contributed by atoms with Gasteiger partial charge in [-0.1, -0.05) is 31.0 Å². The molecular formula is C17H19N3O2. The van der Waals surface area contributed by atoms with E-state index in [1.54, 1.807) is 0 Å². The monoisotopic (exact) mass is 297 g/mol. The smallest absolute Gasteiger partial charge is 0.246 e. The number of amides is 2. The number of piperazine rings is 1. The van der Waals surface area contributed by atoms with Crippen molar-refractivity contribution in [1.29, 1.82) is 0 Å². The Bertz CT molecular complexity index is 743. The van der Waals surface area contributed by atoms with Gasteiger partial charge in [-0.25, -0.2) is 0 Å². The van der Waals surface area contributed by atoms with Crippen LogP contribution in [0.25, 0.3) is 10.9 Å². The van der Waals surface area contributed by atoms with Crippen molar-refractivity contribution in [2.24, 2.45) is 0 Å².